The molecular weight excluding hydrogens is 447 g/mol. The van der Waals surface area contributed by atoms with Crippen molar-refractivity contribution in [2.75, 3.05) is 6.54 Å². The van der Waals surface area contributed by atoms with Crippen LogP contribution in [0.25, 0.3) is 11.0 Å². The molecule has 0 aliphatic carbocycles. The highest BCUT2D eigenvalue weighted by molar-refractivity contribution is 5.76. The van der Waals surface area contributed by atoms with Gasteiger partial charge in [-0.3, -0.25) is 0 Å². The molecule has 0 fully saturated rings. The van der Waals surface area contributed by atoms with E-state index in [4.69, 9.17) is 14.6 Å². The van der Waals surface area contributed by atoms with Crippen molar-refractivity contribution in [1.82, 2.24) is 15.3 Å². The Morgan fingerprint density at radius 2 is 1.62 bits per heavy atom. The Morgan fingerprint density at radius 1 is 1.00 bits per heavy atom. The minimum atomic E-state index is -5.08. The lowest BCUT2D eigenvalue weighted by atomic mass is 10.1. The fraction of sp³-hybridized carbons (Fsp3) is 0.200. The van der Waals surface area contributed by atoms with Crippen molar-refractivity contribution >= 4 is 17.0 Å². The van der Waals surface area contributed by atoms with Gasteiger partial charge in [0.15, 0.2) is 0 Å². The third kappa shape index (κ3) is 7.63. The summed E-state index contributed by atoms with van der Waals surface area (Å²) in [6.45, 7) is 3.93. The van der Waals surface area contributed by atoms with E-state index >= 15 is 0 Å². The van der Waals surface area contributed by atoms with Crippen LogP contribution in [0.2, 0.25) is 0 Å². The van der Waals surface area contributed by atoms with Crippen molar-refractivity contribution in [3.8, 4) is 11.5 Å². The van der Waals surface area contributed by atoms with Crippen LogP contribution >= 0.6 is 0 Å². The minimum Gasteiger partial charge on any atom is -0.475 e. The molecule has 0 spiro atoms. The van der Waals surface area contributed by atoms with E-state index < -0.39 is 12.1 Å². The molecule has 178 valence electrons. The Morgan fingerprint density at radius 3 is 2.26 bits per heavy atom. The lowest BCUT2D eigenvalue weighted by molar-refractivity contribution is -0.192. The van der Waals surface area contributed by atoms with Crippen LogP contribution in [-0.2, 0) is 17.8 Å². The zero-order valence-electron chi connectivity index (χ0n) is 18.4. The number of H-pyrrole nitrogens is 1. The van der Waals surface area contributed by atoms with Gasteiger partial charge in [-0.25, -0.2) is 9.78 Å². The normalized spacial score (nSPS) is 11.1. The van der Waals surface area contributed by atoms with Gasteiger partial charge in [0.25, 0.3) is 0 Å². The van der Waals surface area contributed by atoms with Crippen molar-refractivity contribution in [3.63, 3.8) is 0 Å². The molecule has 3 aromatic carbocycles. The largest absolute Gasteiger partial charge is 0.490 e. The summed E-state index contributed by atoms with van der Waals surface area (Å²) in [5, 5.41) is 10.6. The average Bonchev–Trinajstić information content (AvgIpc) is 3.27. The molecule has 4 aromatic rings. The van der Waals surface area contributed by atoms with Gasteiger partial charge in [0, 0.05) is 12.6 Å². The number of fused-ring (bicyclic) bond motifs is 1. The zero-order chi connectivity index (χ0) is 24.6. The van der Waals surface area contributed by atoms with Crippen molar-refractivity contribution in [2.24, 2.45) is 0 Å². The molecule has 0 bridgehead atoms. The highest BCUT2D eigenvalue weighted by Crippen LogP contribution is 2.24. The van der Waals surface area contributed by atoms with Crippen molar-refractivity contribution < 1.29 is 27.8 Å². The van der Waals surface area contributed by atoms with Gasteiger partial charge in [0.1, 0.15) is 11.5 Å². The fourth-order valence-corrected chi connectivity index (χ4v) is 3.01. The SMILES string of the molecule is Cc1ccc(CCNCc2ccc(Oc3ccc4nc[nH]c4c3)cc2)cc1.O=C(O)C(F)(F)F. The number of aryl methyl sites for hydroxylation is 1. The highest BCUT2D eigenvalue weighted by atomic mass is 19.4. The van der Waals surface area contributed by atoms with E-state index in [2.05, 4.69) is 58.6 Å². The van der Waals surface area contributed by atoms with Crippen molar-refractivity contribution in [2.45, 2.75) is 26.1 Å². The summed E-state index contributed by atoms with van der Waals surface area (Å²) < 4.78 is 37.7. The number of nitrogens with one attached hydrogen (secondary N) is 2. The van der Waals surface area contributed by atoms with E-state index in [-0.39, 0.29) is 0 Å². The van der Waals surface area contributed by atoms with E-state index in [9.17, 15) is 13.2 Å². The topological polar surface area (TPSA) is 87.2 Å². The number of rotatable bonds is 7. The Labute approximate surface area is 194 Å². The number of aromatic amines is 1. The first kappa shape index (κ1) is 24.8. The second-order valence-corrected chi connectivity index (χ2v) is 7.54. The molecular formula is C25H24F3N3O3. The van der Waals surface area contributed by atoms with Gasteiger partial charge in [-0.15, -0.1) is 0 Å². The van der Waals surface area contributed by atoms with Crippen molar-refractivity contribution in [3.05, 3.63) is 89.7 Å². The Bertz CT molecular complexity index is 1200. The molecule has 34 heavy (non-hydrogen) atoms. The lowest BCUT2D eigenvalue weighted by Gasteiger charge is -2.08. The number of carbonyl (C=O) groups is 1. The molecule has 0 aliphatic heterocycles. The minimum absolute atomic E-state index is 0.802. The number of aliphatic carboxylic acids is 1. The number of benzene rings is 3. The van der Waals surface area contributed by atoms with Gasteiger partial charge in [0.2, 0.25) is 0 Å². The van der Waals surface area contributed by atoms with E-state index in [1.807, 2.05) is 30.3 Å². The number of hydrogen-bond acceptors (Lipinski definition) is 4. The third-order valence-corrected chi connectivity index (χ3v) is 4.83. The van der Waals surface area contributed by atoms with E-state index in [1.54, 1.807) is 6.33 Å². The summed E-state index contributed by atoms with van der Waals surface area (Å²) in [5.41, 5.74) is 5.83. The van der Waals surface area contributed by atoms with Gasteiger partial charge in [0.05, 0.1) is 17.4 Å². The fourth-order valence-electron chi connectivity index (χ4n) is 3.01. The van der Waals surface area contributed by atoms with Crippen LogP contribution in [0.4, 0.5) is 13.2 Å². The van der Waals surface area contributed by atoms with Crippen LogP contribution in [0.1, 0.15) is 16.7 Å². The first-order valence-electron chi connectivity index (χ1n) is 10.5. The maximum atomic E-state index is 10.6. The first-order valence-corrected chi connectivity index (χ1v) is 10.5. The number of halogens is 3. The Balaban J connectivity index is 0.000000406. The molecule has 0 aliphatic rings. The number of alkyl halides is 3. The first-order chi connectivity index (χ1) is 16.2. The third-order valence-electron chi connectivity index (χ3n) is 4.83. The van der Waals surface area contributed by atoms with Gasteiger partial charge < -0.3 is 20.1 Å². The lowest BCUT2D eigenvalue weighted by Crippen LogP contribution is -2.21. The van der Waals surface area contributed by atoms with Gasteiger partial charge in [-0.1, -0.05) is 42.0 Å². The summed E-state index contributed by atoms with van der Waals surface area (Å²) in [5.74, 6) is -1.12. The number of aromatic nitrogens is 2. The molecule has 1 heterocycles. The molecule has 0 atom stereocenters. The molecule has 0 amide bonds. The van der Waals surface area contributed by atoms with Crippen LogP contribution < -0.4 is 10.1 Å². The molecule has 4 rings (SSSR count). The Hall–Kier alpha value is -3.85. The summed E-state index contributed by atoms with van der Waals surface area (Å²) in [7, 11) is 0. The second-order valence-electron chi connectivity index (χ2n) is 7.54. The molecule has 0 saturated heterocycles. The molecule has 6 nitrogen and oxygen atoms in total. The highest BCUT2D eigenvalue weighted by Gasteiger charge is 2.38. The zero-order valence-corrected chi connectivity index (χ0v) is 18.4. The van der Waals surface area contributed by atoms with E-state index in [0.29, 0.717) is 0 Å². The van der Waals surface area contributed by atoms with Gasteiger partial charge in [-0.05, 0) is 55.3 Å². The molecule has 0 unspecified atom stereocenters. The number of hydrogen-bond donors (Lipinski definition) is 3. The van der Waals surface area contributed by atoms with Crippen LogP contribution in [0.3, 0.4) is 0 Å². The van der Waals surface area contributed by atoms with E-state index in [1.165, 1.54) is 16.7 Å². The summed E-state index contributed by atoms with van der Waals surface area (Å²) in [6, 6.07) is 22.8. The van der Waals surface area contributed by atoms with Crippen LogP contribution in [0.15, 0.2) is 73.1 Å². The number of imidazole rings is 1. The number of nitrogens with zero attached hydrogens (tertiary/aromatic N) is 1. The maximum Gasteiger partial charge on any atom is 0.490 e. The van der Waals surface area contributed by atoms with E-state index in [0.717, 1.165) is 42.0 Å². The Kier molecular flexibility index (Phi) is 8.26. The molecule has 3 N–H and O–H groups in total. The quantitative estimate of drug-likeness (QED) is 0.304. The molecule has 0 radical (unpaired) electrons. The summed E-state index contributed by atoms with van der Waals surface area (Å²) in [6.07, 6.45) is -2.35. The maximum absolute atomic E-state index is 10.6. The number of ether oxygens (including phenoxy) is 1. The van der Waals surface area contributed by atoms with Crippen molar-refractivity contribution in [1.29, 1.82) is 0 Å². The molecule has 9 heteroatoms. The monoisotopic (exact) mass is 471 g/mol. The smallest absolute Gasteiger partial charge is 0.475 e. The van der Waals surface area contributed by atoms with Crippen LogP contribution in [-0.4, -0.2) is 33.8 Å². The number of carboxylic acids is 1. The summed E-state index contributed by atoms with van der Waals surface area (Å²) in [4.78, 5) is 16.2. The average molecular weight is 471 g/mol. The molecule has 0 saturated carbocycles. The predicted molar refractivity (Wildman–Crippen MR) is 123 cm³/mol. The number of carboxylic acid groups (broad SMARTS) is 1. The van der Waals surface area contributed by atoms with Gasteiger partial charge in [-0.2, -0.15) is 13.2 Å². The van der Waals surface area contributed by atoms with Gasteiger partial charge >= 0.3 is 12.1 Å². The van der Waals surface area contributed by atoms with Crippen LogP contribution in [0, 0.1) is 6.92 Å². The second kappa shape index (κ2) is 11.3. The standard InChI is InChI=1S/C23H23N3O.C2HF3O2/c1-17-2-4-18(5-3-17)12-13-24-15-19-6-8-20(9-7-19)27-21-10-11-22-23(14-21)26-16-25-22;3-2(4,5)1(6)7/h2-11,14,16,24H,12-13,15H2,1H3,(H,25,26);(H,6,7). The summed E-state index contributed by atoms with van der Waals surface area (Å²) >= 11 is 0. The van der Waals surface area contributed by atoms with Crippen LogP contribution in [0.5, 0.6) is 11.5 Å². The predicted octanol–water partition coefficient (Wildman–Crippen LogP) is 5.63. The molecule has 1 aromatic heterocycles.